The lowest BCUT2D eigenvalue weighted by Crippen LogP contribution is -2.53. The van der Waals surface area contributed by atoms with Crippen molar-refractivity contribution >= 4 is 11.7 Å². The topological polar surface area (TPSA) is 66.5 Å². The first-order valence-corrected chi connectivity index (χ1v) is 8.71. The average molecular weight is 330 g/mol. The third kappa shape index (κ3) is 4.33. The molecule has 1 amide bonds. The van der Waals surface area contributed by atoms with Crippen LogP contribution in [0.1, 0.15) is 29.6 Å². The van der Waals surface area contributed by atoms with Crippen LogP contribution in [0.4, 0.5) is 5.82 Å². The number of carbonyl (C=O) groups is 1. The third-order valence-corrected chi connectivity index (χ3v) is 4.66. The normalized spacial score (nSPS) is 24.0. The summed E-state index contributed by atoms with van der Waals surface area (Å²) in [6, 6.07) is 4.22. The smallest absolute Gasteiger partial charge is 0.253 e. The zero-order valence-corrected chi connectivity index (χ0v) is 14.0. The molecule has 0 radical (unpaired) electrons. The number of nitrogens with one attached hydrogen (secondary N) is 2. The predicted octanol–water partition coefficient (Wildman–Crippen LogP) is 1.66. The zero-order valence-electron chi connectivity index (χ0n) is 14.0. The van der Waals surface area contributed by atoms with Gasteiger partial charge in [0.25, 0.3) is 5.91 Å². The van der Waals surface area contributed by atoms with Gasteiger partial charge in [-0.2, -0.15) is 0 Å². The molecule has 0 unspecified atom stereocenters. The molecule has 2 aliphatic rings. The summed E-state index contributed by atoms with van der Waals surface area (Å²) in [5, 5.41) is 6.04. The summed E-state index contributed by atoms with van der Waals surface area (Å²) in [7, 11) is 0. The largest absolute Gasteiger partial charge is 0.373 e. The van der Waals surface area contributed by atoms with Gasteiger partial charge in [-0.3, -0.25) is 9.69 Å². The van der Waals surface area contributed by atoms with Gasteiger partial charge in [-0.25, -0.2) is 4.98 Å². The molecular formula is C18H26N4O2. The van der Waals surface area contributed by atoms with Crippen LogP contribution in [-0.4, -0.2) is 60.7 Å². The Morgan fingerprint density at radius 3 is 3.17 bits per heavy atom. The molecule has 0 spiro atoms. The molecule has 1 aromatic rings. The van der Waals surface area contributed by atoms with Gasteiger partial charge < -0.3 is 15.4 Å². The second-order valence-corrected chi connectivity index (χ2v) is 6.41. The van der Waals surface area contributed by atoms with Crippen LogP contribution in [0.15, 0.2) is 31.0 Å². The molecule has 1 aromatic heterocycles. The summed E-state index contributed by atoms with van der Waals surface area (Å²) >= 11 is 0. The zero-order chi connectivity index (χ0) is 16.8. The molecule has 3 rings (SSSR count). The highest BCUT2D eigenvalue weighted by Crippen LogP contribution is 2.22. The number of amides is 1. The molecule has 3 heterocycles. The summed E-state index contributed by atoms with van der Waals surface area (Å²) < 4.78 is 5.97. The maximum absolute atomic E-state index is 11.8. The van der Waals surface area contributed by atoms with Crippen molar-refractivity contribution in [1.82, 2.24) is 15.2 Å². The first-order chi connectivity index (χ1) is 11.8. The molecule has 6 nitrogen and oxygen atoms in total. The number of morpholine rings is 1. The number of carbonyl (C=O) groups excluding carboxylic acids is 1. The standard InChI is InChI=1S/C18H26N4O2/c1-2-8-19-18(23)14-6-7-17(20-10-14)21-11-16-12-22-9-4-3-5-15(22)13-24-16/h2,6-7,10,15-16H,1,3-5,8-9,11-13H2,(H,19,23)(H,20,21)/t15-,16+/m1/s1. The van der Waals surface area contributed by atoms with Crippen LogP contribution in [-0.2, 0) is 4.74 Å². The Kier molecular flexibility index (Phi) is 5.82. The minimum Gasteiger partial charge on any atom is -0.373 e. The van der Waals surface area contributed by atoms with Crippen LogP contribution in [0.3, 0.4) is 0 Å². The van der Waals surface area contributed by atoms with Crippen molar-refractivity contribution in [2.45, 2.75) is 31.4 Å². The molecule has 2 atom stereocenters. The van der Waals surface area contributed by atoms with E-state index in [2.05, 4.69) is 27.1 Å². The third-order valence-electron chi connectivity index (χ3n) is 4.66. The molecule has 2 fully saturated rings. The van der Waals surface area contributed by atoms with E-state index < -0.39 is 0 Å². The minimum atomic E-state index is -0.138. The number of hydrogen-bond donors (Lipinski definition) is 2. The molecule has 24 heavy (non-hydrogen) atoms. The summed E-state index contributed by atoms with van der Waals surface area (Å²) in [5.74, 6) is 0.625. The van der Waals surface area contributed by atoms with Gasteiger partial charge in [0.05, 0.1) is 18.3 Å². The highest BCUT2D eigenvalue weighted by atomic mass is 16.5. The molecule has 0 bridgehead atoms. The van der Waals surface area contributed by atoms with E-state index in [4.69, 9.17) is 4.74 Å². The highest BCUT2D eigenvalue weighted by Gasteiger charge is 2.30. The molecule has 0 aliphatic carbocycles. The Hall–Kier alpha value is -1.92. The van der Waals surface area contributed by atoms with Crippen molar-refractivity contribution in [2.75, 3.05) is 38.1 Å². The molecule has 130 valence electrons. The van der Waals surface area contributed by atoms with E-state index in [1.54, 1.807) is 18.3 Å². The molecule has 0 aromatic carbocycles. The fourth-order valence-electron chi connectivity index (χ4n) is 3.29. The number of anilines is 1. The van der Waals surface area contributed by atoms with Gasteiger partial charge in [0, 0.05) is 31.9 Å². The summed E-state index contributed by atoms with van der Waals surface area (Å²) in [5.41, 5.74) is 0.549. The summed E-state index contributed by atoms with van der Waals surface area (Å²) in [4.78, 5) is 18.7. The van der Waals surface area contributed by atoms with E-state index >= 15 is 0 Å². The Morgan fingerprint density at radius 2 is 2.38 bits per heavy atom. The maximum Gasteiger partial charge on any atom is 0.253 e. The lowest BCUT2D eigenvalue weighted by atomic mass is 10.0. The number of hydrogen-bond acceptors (Lipinski definition) is 5. The Morgan fingerprint density at radius 1 is 1.46 bits per heavy atom. The van der Waals surface area contributed by atoms with Gasteiger partial charge in [0.1, 0.15) is 5.82 Å². The first kappa shape index (κ1) is 16.9. The van der Waals surface area contributed by atoms with Crippen LogP contribution in [0.5, 0.6) is 0 Å². The minimum absolute atomic E-state index is 0.138. The number of nitrogens with zero attached hydrogens (tertiary/aromatic N) is 2. The van der Waals surface area contributed by atoms with Gasteiger partial charge in [0.2, 0.25) is 0 Å². The lowest BCUT2D eigenvalue weighted by molar-refractivity contribution is -0.0689. The van der Waals surface area contributed by atoms with Gasteiger partial charge >= 0.3 is 0 Å². The lowest BCUT2D eigenvalue weighted by Gasteiger charge is -2.42. The predicted molar refractivity (Wildman–Crippen MR) is 94.2 cm³/mol. The second kappa shape index (κ2) is 8.26. The van der Waals surface area contributed by atoms with E-state index in [0.29, 0.717) is 18.2 Å². The van der Waals surface area contributed by atoms with E-state index in [-0.39, 0.29) is 12.0 Å². The number of pyridine rings is 1. The fourth-order valence-corrected chi connectivity index (χ4v) is 3.29. The van der Waals surface area contributed by atoms with E-state index in [1.807, 2.05) is 6.07 Å². The van der Waals surface area contributed by atoms with Crippen LogP contribution in [0.25, 0.3) is 0 Å². The fraction of sp³-hybridized carbons (Fsp3) is 0.556. The first-order valence-electron chi connectivity index (χ1n) is 8.71. The Bertz CT molecular complexity index is 561. The number of rotatable bonds is 6. The van der Waals surface area contributed by atoms with Gasteiger partial charge in [0.15, 0.2) is 0 Å². The molecule has 2 N–H and O–H groups in total. The SMILES string of the molecule is C=CCNC(=O)c1ccc(NC[C@H]2CN3CCCC[C@@H]3CO2)nc1. The number of fused-ring (bicyclic) bond motifs is 1. The second-order valence-electron chi connectivity index (χ2n) is 6.41. The van der Waals surface area contributed by atoms with E-state index in [9.17, 15) is 4.79 Å². The highest BCUT2D eigenvalue weighted by molar-refractivity contribution is 5.94. The quantitative estimate of drug-likeness (QED) is 0.777. The van der Waals surface area contributed by atoms with Crippen molar-refractivity contribution in [2.24, 2.45) is 0 Å². The van der Waals surface area contributed by atoms with Crippen molar-refractivity contribution in [3.63, 3.8) is 0 Å². The van der Waals surface area contributed by atoms with E-state index in [1.165, 1.54) is 25.8 Å². The van der Waals surface area contributed by atoms with E-state index in [0.717, 1.165) is 25.5 Å². The Balaban J connectivity index is 1.46. The van der Waals surface area contributed by atoms with Crippen molar-refractivity contribution in [3.8, 4) is 0 Å². The van der Waals surface area contributed by atoms with Crippen LogP contribution in [0, 0.1) is 0 Å². The number of piperidine rings is 1. The average Bonchev–Trinajstić information content (AvgIpc) is 2.64. The maximum atomic E-state index is 11.8. The summed E-state index contributed by atoms with van der Waals surface area (Å²) in [6.45, 7) is 7.78. The van der Waals surface area contributed by atoms with Crippen LogP contribution in [0.2, 0.25) is 0 Å². The molecule has 6 heteroatoms. The van der Waals surface area contributed by atoms with Crippen LogP contribution >= 0.6 is 0 Å². The monoisotopic (exact) mass is 330 g/mol. The van der Waals surface area contributed by atoms with Gasteiger partial charge in [-0.15, -0.1) is 6.58 Å². The van der Waals surface area contributed by atoms with Crippen molar-refractivity contribution in [1.29, 1.82) is 0 Å². The summed E-state index contributed by atoms with van der Waals surface area (Å²) in [6.07, 6.45) is 7.31. The van der Waals surface area contributed by atoms with Gasteiger partial charge in [-0.05, 0) is 31.5 Å². The van der Waals surface area contributed by atoms with Gasteiger partial charge in [-0.1, -0.05) is 12.5 Å². The van der Waals surface area contributed by atoms with Crippen molar-refractivity contribution in [3.05, 3.63) is 36.5 Å². The molecule has 2 saturated heterocycles. The van der Waals surface area contributed by atoms with Crippen molar-refractivity contribution < 1.29 is 9.53 Å². The number of aromatic nitrogens is 1. The number of ether oxygens (including phenoxy) is 1. The Labute approximate surface area is 143 Å². The van der Waals surface area contributed by atoms with Crippen LogP contribution < -0.4 is 10.6 Å². The molecule has 2 aliphatic heterocycles. The molecular weight excluding hydrogens is 304 g/mol. The molecule has 0 saturated carbocycles.